The van der Waals surface area contributed by atoms with Gasteiger partial charge >= 0.3 is 5.76 Å². The Kier molecular flexibility index (Phi) is 6.10. The predicted octanol–water partition coefficient (Wildman–Crippen LogP) is 3.05. The fourth-order valence-electron chi connectivity index (χ4n) is 2.54. The van der Waals surface area contributed by atoms with Gasteiger partial charge in [0.25, 0.3) is 0 Å². The van der Waals surface area contributed by atoms with Gasteiger partial charge in [-0.1, -0.05) is 29.8 Å². The van der Waals surface area contributed by atoms with Crippen LogP contribution < -0.4 is 21.9 Å². The number of para-hydroxylation sites is 2. The molecule has 0 atom stereocenters. The maximum Gasteiger partial charge on any atom is 0.419 e. The number of nitrogens with one attached hydrogen (secondary N) is 3. The van der Waals surface area contributed by atoms with Crippen molar-refractivity contribution in [2.75, 3.05) is 5.32 Å². The summed E-state index contributed by atoms with van der Waals surface area (Å²) in [6.45, 7) is 0.383. The van der Waals surface area contributed by atoms with E-state index in [-0.39, 0.29) is 17.4 Å². The second-order valence-electron chi connectivity index (χ2n) is 5.73. The molecule has 0 fully saturated rings. The number of hydrogen-bond donors (Lipinski definition) is 3. The van der Waals surface area contributed by atoms with Crippen LogP contribution in [0, 0.1) is 0 Å². The van der Waals surface area contributed by atoms with Gasteiger partial charge in [0.2, 0.25) is 5.91 Å². The van der Waals surface area contributed by atoms with Crippen LogP contribution in [0.1, 0.15) is 12.8 Å². The summed E-state index contributed by atoms with van der Waals surface area (Å²) in [7, 11) is 0. The van der Waals surface area contributed by atoms with Crippen molar-refractivity contribution in [3.63, 3.8) is 0 Å². The van der Waals surface area contributed by atoms with Crippen molar-refractivity contribution in [3.05, 3.63) is 64.1 Å². The van der Waals surface area contributed by atoms with E-state index in [1.54, 1.807) is 36.4 Å². The van der Waals surface area contributed by atoms with Gasteiger partial charge in [0.15, 0.2) is 10.7 Å². The Bertz CT molecular complexity index is 1030. The van der Waals surface area contributed by atoms with Gasteiger partial charge in [-0.25, -0.2) is 4.79 Å². The Morgan fingerprint density at radius 2 is 1.96 bits per heavy atom. The van der Waals surface area contributed by atoms with Gasteiger partial charge in [-0.05, 0) is 49.0 Å². The molecule has 0 unspecified atom stereocenters. The topological polar surface area (TPSA) is 88.3 Å². The minimum absolute atomic E-state index is 0.221. The van der Waals surface area contributed by atoms with Crippen molar-refractivity contribution in [1.82, 2.24) is 15.4 Å². The molecule has 0 saturated heterocycles. The monoisotopic (exact) mass is 404 g/mol. The van der Waals surface area contributed by atoms with E-state index in [1.165, 1.54) is 4.57 Å². The highest BCUT2D eigenvalue weighted by molar-refractivity contribution is 7.80. The summed E-state index contributed by atoms with van der Waals surface area (Å²) in [5, 5.41) is 3.72. The molecule has 1 amide bonds. The maximum atomic E-state index is 11.9. The number of aromatic nitrogens is 1. The van der Waals surface area contributed by atoms with Crippen molar-refractivity contribution in [1.29, 1.82) is 0 Å². The number of anilines is 1. The molecule has 0 bridgehead atoms. The molecule has 1 aromatic heterocycles. The van der Waals surface area contributed by atoms with Crippen LogP contribution in [0.5, 0.6) is 0 Å². The average Bonchev–Trinajstić information content (AvgIpc) is 2.95. The van der Waals surface area contributed by atoms with E-state index in [0.717, 1.165) is 0 Å². The highest BCUT2D eigenvalue weighted by atomic mass is 35.5. The number of halogens is 1. The van der Waals surface area contributed by atoms with Gasteiger partial charge in [0.1, 0.15) is 0 Å². The number of hydrogen-bond acceptors (Lipinski definition) is 4. The van der Waals surface area contributed by atoms with E-state index in [9.17, 15) is 9.59 Å². The highest BCUT2D eigenvalue weighted by Crippen LogP contribution is 2.14. The molecule has 140 valence electrons. The SMILES string of the molecule is O=C(CCCn1c(=O)oc2ccccc21)NNC(=S)Nc1cccc(Cl)c1. The summed E-state index contributed by atoms with van der Waals surface area (Å²) in [6.07, 6.45) is 0.699. The first kappa shape index (κ1) is 18.9. The highest BCUT2D eigenvalue weighted by Gasteiger charge is 2.09. The van der Waals surface area contributed by atoms with Crippen LogP contribution in [0.3, 0.4) is 0 Å². The lowest BCUT2D eigenvalue weighted by atomic mass is 10.3. The molecule has 0 aliphatic rings. The van der Waals surface area contributed by atoms with E-state index in [4.69, 9.17) is 28.2 Å². The molecule has 2 aromatic carbocycles. The number of benzene rings is 2. The van der Waals surface area contributed by atoms with Gasteiger partial charge in [-0.3, -0.25) is 20.2 Å². The fraction of sp³-hybridized carbons (Fsp3) is 0.167. The molecule has 0 aliphatic carbocycles. The number of rotatable bonds is 5. The lowest BCUT2D eigenvalue weighted by Gasteiger charge is -2.11. The molecular weight excluding hydrogens is 388 g/mol. The third kappa shape index (κ3) is 5.08. The molecule has 3 aromatic rings. The average molecular weight is 405 g/mol. The zero-order chi connectivity index (χ0) is 19.2. The minimum atomic E-state index is -0.429. The Balaban J connectivity index is 1.44. The van der Waals surface area contributed by atoms with Crippen LogP contribution in [-0.2, 0) is 11.3 Å². The number of hydrazine groups is 1. The first-order valence-electron chi connectivity index (χ1n) is 8.23. The van der Waals surface area contributed by atoms with E-state index < -0.39 is 5.76 Å². The number of thiocarbonyl (C=S) groups is 1. The van der Waals surface area contributed by atoms with Crippen LogP contribution in [0.2, 0.25) is 5.02 Å². The molecule has 3 rings (SSSR count). The molecule has 0 saturated carbocycles. The van der Waals surface area contributed by atoms with Gasteiger partial charge in [0, 0.05) is 23.7 Å². The minimum Gasteiger partial charge on any atom is -0.408 e. The number of aryl methyl sites for hydroxylation is 1. The third-order valence-electron chi connectivity index (χ3n) is 3.76. The Labute approximate surface area is 165 Å². The smallest absolute Gasteiger partial charge is 0.408 e. The van der Waals surface area contributed by atoms with Crippen LogP contribution in [0.15, 0.2) is 57.7 Å². The quantitative estimate of drug-likeness (QED) is 0.447. The molecular formula is C18H17ClN4O3S. The number of oxazole rings is 1. The molecule has 1 heterocycles. The zero-order valence-corrected chi connectivity index (χ0v) is 15.8. The number of carbonyl (C=O) groups is 1. The number of nitrogens with zero attached hydrogens (tertiary/aromatic N) is 1. The molecule has 0 radical (unpaired) electrons. The summed E-state index contributed by atoms with van der Waals surface area (Å²) in [4.78, 5) is 23.8. The molecule has 27 heavy (non-hydrogen) atoms. The van der Waals surface area contributed by atoms with Crippen LogP contribution in [0.25, 0.3) is 11.1 Å². The van der Waals surface area contributed by atoms with E-state index >= 15 is 0 Å². The second kappa shape index (κ2) is 8.70. The summed E-state index contributed by atoms with van der Waals surface area (Å²) in [5.74, 6) is -0.673. The van der Waals surface area contributed by atoms with E-state index in [1.807, 2.05) is 12.1 Å². The van der Waals surface area contributed by atoms with Crippen molar-refractivity contribution in [2.45, 2.75) is 19.4 Å². The van der Waals surface area contributed by atoms with Gasteiger partial charge in [-0.2, -0.15) is 0 Å². The van der Waals surface area contributed by atoms with Crippen molar-refractivity contribution in [2.24, 2.45) is 0 Å². The fourth-order valence-corrected chi connectivity index (χ4v) is 2.90. The molecule has 0 spiro atoms. The van der Waals surface area contributed by atoms with Crippen LogP contribution in [0.4, 0.5) is 5.69 Å². The first-order valence-corrected chi connectivity index (χ1v) is 9.01. The standard InChI is InChI=1S/C18H17ClN4O3S/c19-12-5-3-6-13(11-12)20-17(27)22-21-16(24)9-4-10-23-14-7-1-2-8-15(14)26-18(23)25/h1-3,5-8,11H,4,9-10H2,(H,21,24)(H2,20,22,27). The first-order chi connectivity index (χ1) is 13.0. The summed E-state index contributed by atoms with van der Waals surface area (Å²) >= 11 is 11.0. The number of carbonyl (C=O) groups excluding carboxylic acids is 1. The zero-order valence-electron chi connectivity index (χ0n) is 14.2. The van der Waals surface area contributed by atoms with Gasteiger partial charge < -0.3 is 9.73 Å². The summed E-state index contributed by atoms with van der Waals surface area (Å²) < 4.78 is 6.68. The maximum absolute atomic E-state index is 11.9. The van der Waals surface area contributed by atoms with Crippen molar-refractivity contribution >= 4 is 51.6 Å². The Morgan fingerprint density at radius 3 is 2.78 bits per heavy atom. The lowest BCUT2D eigenvalue weighted by molar-refractivity contribution is -0.121. The Hall–Kier alpha value is -2.84. The largest absolute Gasteiger partial charge is 0.419 e. The number of amides is 1. The summed E-state index contributed by atoms with van der Waals surface area (Å²) in [6, 6.07) is 14.2. The molecule has 7 nitrogen and oxygen atoms in total. The van der Waals surface area contributed by atoms with E-state index in [0.29, 0.717) is 34.8 Å². The van der Waals surface area contributed by atoms with Gasteiger partial charge in [-0.15, -0.1) is 0 Å². The third-order valence-corrected chi connectivity index (χ3v) is 4.20. The van der Waals surface area contributed by atoms with Crippen molar-refractivity contribution < 1.29 is 9.21 Å². The predicted molar refractivity (Wildman–Crippen MR) is 109 cm³/mol. The van der Waals surface area contributed by atoms with E-state index in [2.05, 4.69) is 16.2 Å². The van der Waals surface area contributed by atoms with Crippen LogP contribution in [-0.4, -0.2) is 15.6 Å². The lowest BCUT2D eigenvalue weighted by Crippen LogP contribution is -2.43. The summed E-state index contributed by atoms with van der Waals surface area (Å²) in [5.41, 5.74) is 7.10. The Morgan fingerprint density at radius 1 is 1.15 bits per heavy atom. The molecule has 0 aliphatic heterocycles. The van der Waals surface area contributed by atoms with Crippen LogP contribution >= 0.6 is 23.8 Å². The van der Waals surface area contributed by atoms with Crippen molar-refractivity contribution in [3.8, 4) is 0 Å². The number of fused-ring (bicyclic) bond motifs is 1. The molecule has 9 heteroatoms. The van der Waals surface area contributed by atoms with Gasteiger partial charge in [0.05, 0.1) is 5.52 Å². The molecule has 3 N–H and O–H groups in total. The normalized spacial score (nSPS) is 10.6. The second-order valence-corrected chi connectivity index (χ2v) is 6.57.